The molecule has 0 bridgehead atoms. The average molecular weight is 368 g/mol. The van der Waals surface area contributed by atoms with Gasteiger partial charge >= 0.3 is 0 Å². The van der Waals surface area contributed by atoms with Crippen LogP contribution in [0.25, 0.3) is 6.08 Å². The van der Waals surface area contributed by atoms with Gasteiger partial charge in [0.1, 0.15) is 0 Å². The van der Waals surface area contributed by atoms with Crippen LogP contribution < -0.4 is 15.0 Å². The Labute approximate surface area is 157 Å². The number of rotatable bonds is 6. The molecule has 1 fully saturated rings. The molecule has 3 rings (SSSR count). The van der Waals surface area contributed by atoms with Crippen molar-refractivity contribution in [3.63, 3.8) is 0 Å². The molecule has 2 amide bonds. The molecule has 1 N–H and O–H groups in total. The Morgan fingerprint density at radius 3 is 2.67 bits per heavy atom. The largest absolute Gasteiger partial charge is 0.494 e. The molecule has 2 aromatic rings. The zero-order valence-electron chi connectivity index (χ0n) is 15.1. The van der Waals surface area contributed by atoms with Gasteiger partial charge in [-0.2, -0.15) is 0 Å². The van der Waals surface area contributed by atoms with Crippen molar-refractivity contribution in [1.29, 1.82) is 0 Å². The first-order valence-electron chi connectivity index (χ1n) is 8.75. The van der Waals surface area contributed by atoms with Crippen molar-refractivity contribution in [3.8, 4) is 5.75 Å². The summed E-state index contributed by atoms with van der Waals surface area (Å²) in [5.74, 6) is -0.437. The Kier molecular flexibility index (Phi) is 5.86. The van der Waals surface area contributed by atoms with Crippen LogP contribution in [0.5, 0.6) is 5.75 Å². The third kappa shape index (κ3) is 4.73. The summed E-state index contributed by atoms with van der Waals surface area (Å²) < 4.78 is 18.5. The predicted octanol–water partition coefficient (Wildman–Crippen LogP) is 3.29. The lowest BCUT2D eigenvalue weighted by atomic mass is 10.2. The van der Waals surface area contributed by atoms with E-state index in [1.165, 1.54) is 25.3 Å². The highest BCUT2D eigenvalue weighted by atomic mass is 19.1. The van der Waals surface area contributed by atoms with E-state index < -0.39 is 5.82 Å². The molecule has 27 heavy (non-hydrogen) atoms. The second kappa shape index (κ2) is 8.49. The van der Waals surface area contributed by atoms with E-state index in [-0.39, 0.29) is 17.6 Å². The molecular weight excluding hydrogens is 347 g/mol. The fraction of sp³-hybridized carbons (Fsp3) is 0.238. The fourth-order valence-corrected chi connectivity index (χ4v) is 2.92. The Balaban J connectivity index is 1.53. The van der Waals surface area contributed by atoms with Crippen LogP contribution in [-0.2, 0) is 16.1 Å². The SMILES string of the molecule is COc1ccc(/C=C/C(=O)NCc2ccc(N3CCCC3=O)cc2)cc1F. The van der Waals surface area contributed by atoms with Crippen LogP contribution in [0, 0.1) is 5.82 Å². The van der Waals surface area contributed by atoms with Crippen LogP contribution in [0.3, 0.4) is 0 Å². The van der Waals surface area contributed by atoms with Gasteiger partial charge in [0.15, 0.2) is 11.6 Å². The third-order valence-corrected chi connectivity index (χ3v) is 4.39. The summed E-state index contributed by atoms with van der Waals surface area (Å²) >= 11 is 0. The van der Waals surface area contributed by atoms with Gasteiger partial charge in [-0.05, 0) is 47.9 Å². The summed E-state index contributed by atoms with van der Waals surface area (Å²) in [5.41, 5.74) is 2.39. The number of halogens is 1. The molecule has 1 aliphatic rings. The Bertz CT molecular complexity index is 862. The first-order chi connectivity index (χ1) is 13.1. The molecule has 0 aliphatic carbocycles. The topological polar surface area (TPSA) is 58.6 Å². The number of anilines is 1. The summed E-state index contributed by atoms with van der Waals surface area (Å²) in [6.07, 6.45) is 4.39. The van der Waals surface area contributed by atoms with Crippen LogP contribution in [0.4, 0.5) is 10.1 Å². The minimum Gasteiger partial charge on any atom is -0.494 e. The number of benzene rings is 2. The van der Waals surface area contributed by atoms with E-state index in [0.717, 1.165) is 24.2 Å². The molecule has 0 radical (unpaired) electrons. The predicted molar refractivity (Wildman–Crippen MR) is 102 cm³/mol. The van der Waals surface area contributed by atoms with E-state index >= 15 is 0 Å². The summed E-state index contributed by atoms with van der Waals surface area (Å²) in [5, 5.41) is 2.78. The minimum absolute atomic E-state index is 0.149. The number of nitrogens with one attached hydrogen (secondary N) is 1. The zero-order chi connectivity index (χ0) is 19.2. The Morgan fingerprint density at radius 2 is 2.04 bits per heavy atom. The summed E-state index contributed by atoms with van der Waals surface area (Å²) in [7, 11) is 1.40. The minimum atomic E-state index is -0.475. The van der Waals surface area contributed by atoms with Crippen molar-refractivity contribution < 1.29 is 18.7 Å². The molecule has 1 saturated heterocycles. The molecule has 0 unspecified atom stereocenters. The maximum Gasteiger partial charge on any atom is 0.244 e. The normalized spacial score (nSPS) is 14.0. The van der Waals surface area contributed by atoms with E-state index in [1.54, 1.807) is 17.0 Å². The van der Waals surface area contributed by atoms with E-state index in [4.69, 9.17) is 4.74 Å². The van der Waals surface area contributed by atoms with E-state index in [0.29, 0.717) is 18.5 Å². The molecule has 1 heterocycles. The van der Waals surface area contributed by atoms with Gasteiger partial charge < -0.3 is 15.0 Å². The molecular formula is C21H21FN2O3. The zero-order valence-corrected chi connectivity index (χ0v) is 15.1. The highest BCUT2D eigenvalue weighted by Crippen LogP contribution is 2.21. The number of nitrogens with zero attached hydrogens (tertiary/aromatic N) is 1. The van der Waals surface area contributed by atoms with Crippen molar-refractivity contribution in [2.75, 3.05) is 18.6 Å². The van der Waals surface area contributed by atoms with E-state index in [1.807, 2.05) is 24.3 Å². The van der Waals surface area contributed by atoms with Gasteiger partial charge in [-0.3, -0.25) is 9.59 Å². The lowest BCUT2D eigenvalue weighted by Gasteiger charge is -2.15. The van der Waals surface area contributed by atoms with Crippen LogP contribution in [0.15, 0.2) is 48.5 Å². The second-order valence-corrected chi connectivity index (χ2v) is 6.26. The van der Waals surface area contributed by atoms with Gasteiger partial charge in [0.05, 0.1) is 7.11 Å². The first-order valence-corrected chi connectivity index (χ1v) is 8.75. The molecule has 0 spiro atoms. The third-order valence-electron chi connectivity index (χ3n) is 4.39. The standard InChI is InChI=1S/C21H21FN2O3/c1-27-19-10-6-15(13-18(19)22)7-11-20(25)23-14-16-4-8-17(9-5-16)24-12-2-3-21(24)26/h4-11,13H,2-3,12,14H2,1H3,(H,23,25)/b11-7+. The fourth-order valence-electron chi connectivity index (χ4n) is 2.92. The highest BCUT2D eigenvalue weighted by Gasteiger charge is 2.21. The quantitative estimate of drug-likeness (QED) is 0.796. The number of hydrogen-bond acceptors (Lipinski definition) is 3. The lowest BCUT2D eigenvalue weighted by Crippen LogP contribution is -2.23. The number of methoxy groups -OCH3 is 1. The number of amides is 2. The van der Waals surface area contributed by atoms with Gasteiger partial charge in [-0.25, -0.2) is 4.39 Å². The maximum atomic E-state index is 13.6. The highest BCUT2D eigenvalue weighted by molar-refractivity contribution is 5.95. The molecule has 0 aromatic heterocycles. The van der Waals surface area contributed by atoms with Crippen molar-refractivity contribution in [3.05, 3.63) is 65.5 Å². The first kappa shape index (κ1) is 18.6. The van der Waals surface area contributed by atoms with Gasteiger partial charge in [0, 0.05) is 31.3 Å². The summed E-state index contributed by atoms with van der Waals surface area (Å²) in [6, 6.07) is 12.1. The van der Waals surface area contributed by atoms with Crippen molar-refractivity contribution in [2.45, 2.75) is 19.4 Å². The average Bonchev–Trinajstić information content (AvgIpc) is 3.11. The molecule has 5 nitrogen and oxygen atoms in total. The van der Waals surface area contributed by atoms with Crippen LogP contribution in [-0.4, -0.2) is 25.5 Å². The Hall–Kier alpha value is -3.15. The Morgan fingerprint density at radius 1 is 1.26 bits per heavy atom. The summed E-state index contributed by atoms with van der Waals surface area (Å²) in [4.78, 5) is 25.5. The molecule has 0 saturated carbocycles. The van der Waals surface area contributed by atoms with Gasteiger partial charge in [0.2, 0.25) is 11.8 Å². The number of carbonyl (C=O) groups is 2. The molecule has 140 valence electrons. The van der Waals surface area contributed by atoms with Crippen LogP contribution in [0.2, 0.25) is 0 Å². The van der Waals surface area contributed by atoms with Gasteiger partial charge in [-0.15, -0.1) is 0 Å². The molecule has 1 aliphatic heterocycles. The number of ether oxygens (including phenoxy) is 1. The molecule has 6 heteroatoms. The number of hydrogen-bond donors (Lipinski definition) is 1. The summed E-state index contributed by atoms with van der Waals surface area (Å²) in [6.45, 7) is 1.13. The van der Waals surface area contributed by atoms with Crippen molar-refractivity contribution in [1.82, 2.24) is 5.32 Å². The number of carbonyl (C=O) groups excluding carboxylic acids is 2. The van der Waals surface area contributed by atoms with E-state index in [2.05, 4.69) is 5.32 Å². The van der Waals surface area contributed by atoms with Crippen LogP contribution in [0.1, 0.15) is 24.0 Å². The van der Waals surface area contributed by atoms with Crippen molar-refractivity contribution in [2.24, 2.45) is 0 Å². The van der Waals surface area contributed by atoms with Crippen molar-refractivity contribution >= 4 is 23.6 Å². The van der Waals surface area contributed by atoms with Crippen LogP contribution >= 0.6 is 0 Å². The lowest BCUT2D eigenvalue weighted by molar-refractivity contribution is -0.117. The van der Waals surface area contributed by atoms with Gasteiger partial charge in [-0.1, -0.05) is 18.2 Å². The molecule has 0 atom stereocenters. The van der Waals surface area contributed by atoms with E-state index in [9.17, 15) is 14.0 Å². The smallest absolute Gasteiger partial charge is 0.244 e. The maximum absolute atomic E-state index is 13.6. The second-order valence-electron chi connectivity index (χ2n) is 6.26. The molecule has 2 aromatic carbocycles. The van der Waals surface area contributed by atoms with Gasteiger partial charge in [0.25, 0.3) is 0 Å². The monoisotopic (exact) mass is 368 g/mol.